The fourth-order valence-electron chi connectivity index (χ4n) is 3.93. The number of nitrogens with one attached hydrogen (secondary N) is 4. The molecular weight excluding hydrogens is 532 g/mol. The Morgan fingerprint density at radius 3 is 2.24 bits per heavy atom. The van der Waals surface area contributed by atoms with Gasteiger partial charge in [-0.25, -0.2) is 4.79 Å². The van der Waals surface area contributed by atoms with Crippen molar-refractivity contribution in [2.45, 2.75) is 45.7 Å². The third-order valence-corrected chi connectivity index (χ3v) is 6.21. The minimum atomic E-state index is -0.780. The first kappa shape index (κ1) is 33.2. The second kappa shape index (κ2) is 17.7. The van der Waals surface area contributed by atoms with Crippen LogP contribution in [0, 0.1) is 12.8 Å². The van der Waals surface area contributed by atoms with Crippen molar-refractivity contribution in [3.05, 3.63) is 42.0 Å². The number of carbonyl (C=O) groups is 5. The van der Waals surface area contributed by atoms with Gasteiger partial charge in [0.15, 0.2) is 0 Å². The first-order chi connectivity index (χ1) is 19.6. The highest BCUT2D eigenvalue weighted by atomic mass is 16.5. The number of carbonyl (C=O) groups excluding carboxylic acids is 5. The number of hydrogen-bond donors (Lipinski definition) is 5. The molecule has 0 spiro atoms. The summed E-state index contributed by atoms with van der Waals surface area (Å²) in [5, 5.41) is 11.6. The number of anilines is 1. The van der Waals surface area contributed by atoms with Crippen molar-refractivity contribution in [1.29, 1.82) is 0 Å². The average molecular weight is 575 g/mol. The molecule has 41 heavy (non-hydrogen) atoms. The van der Waals surface area contributed by atoms with Crippen molar-refractivity contribution in [3.8, 4) is 0 Å². The van der Waals surface area contributed by atoms with E-state index >= 15 is 0 Å². The smallest absolute Gasteiger partial charge is 0.312 e. The van der Waals surface area contributed by atoms with Crippen LogP contribution in [0.1, 0.15) is 32.3 Å². The van der Waals surface area contributed by atoms with Gasteiger partial charge < -0.3 is 36.5 Å². The molecule has 2 rings (SSSR count). The van der Waals surface area contributed by atoms with Gasteiger partial charge in [-0.3, -0.25) is 24.1 Å². The topological polar surface area (TPSA) is 181 Å². The van der Waals surface area contributed by atoms with E-state index in [9.17, 15) is 24.0 Å². The van der Waals surface area contributed by atoms with Crippen LogP contribution in [0.4, 0.5) is 10.5 Å². The lowest BCUT2D eigenvalue weighted by atomic mass is 10.0. The van der Waals surface area contributed by atoms with Crippen molar-refractivity contribution >= 4 is 35.3 Å². The minimum Gasteiger partial charge on any atom is -0.383 e. The van der Waals surface area contributed by atoms with E-state index in [4.69, 9.17) is 15.2 Å². The summed E-state index contributed by atoms with van der Waals surface area (Å²) in [7, 11) is 0. The number of urea groups is 1. The van der Waals surface area contributed by atoms with E-state index in [0.717, 1.165) is 16.2 Å². The molecule has 1 aromatic rings. The van der Waals surface area contributed by atoms with Gasteiger partial charge in [-0.05, 0) is 37.8 Å². The number of imide groups is 1. The van der Waals surface area contributed by atoms with Crippen molar-refractivity contribution in [2.75, 3.05) is 51.4 Å². The second-order valence-corrected chi connectivity index (χ2v) is 10.0. The van der Waals surface area contributed by atoms with E-state index in [2.05, 4.69) is 21.3 Å². The van der Waals surface area contributed by atoms with Gasteiger partial charge in [0, 0.05) is 37.0 Å². The molecule has 13 heteroatoms. The van der Waals surface area contributed by atoms with Crippen molar-refractivity contribution in [3.63, 3.8) is 0 Å². The number of hydrogen-bond acceptors (Lipinski definition) is 8. The summed E-state index contributed by atoms with van der Waals surface area (Å²) in [6.45, 7) is 6.82. The Labute approximate surface area is 240 Å². The van der Waals surface area contributed by atoms with Gasteiger partial charge in [0.1, 0.15) is 12.6 Å². The van der Waals surface area contributed by atoms with Crippen molar-refractivity contribution < 1.29 is 33.4 Å². The Bertz CT molecular complexity index is 1040. The van der Waals surface area contributed by atoms with E-state index < -0.39 is 18.0 Å². The first-order valence-corrected chi connectivity index (χ1v) is 13.7. The van der Waals surface area contributed by atoms with Gasteiger partial charge in [-0.2, -0.15) is 0 Å². The van der Waals surface area contributed by atoms with Gasteiger partial charge in [0.05, 0.1) is 26.4 Å². The van der Waals surface area contributed by atoms with Crippen LogP contribution >= 0.6 is 0 Å². The van der Waals surface area contributed by atoms with Crippen LogP contribution in [0.25, 0.3) is 0 Å². The largest absolute Gasteiger partial charge is 0.383 e. The van der Waals surface area contributed by atoms with Gasteiger partial charge in [0.25, 0.3) is 11.8 Å². The third kappa shape index (κ3) is 12.8. The van der Waals surface area contributed by atoms with Crippen LogP contribution in [0.15, 0.2) is 36.4 Å². The fourth-order valence-corrected chi connectivity index (χ4v) is 3.93. The molecule has 6 N–H and O–H groups in total. The molecule has 226 valence electrons. The van der Waals surface area contributed by atoms with Crippen LogP contribution in [0.3, 0.4) is 0 Å². The fraction of sp³-hybridized carbons (Fsp3) is 0.536. The maximum atomic E-state index is 13.2. The molecule has 6 amide bonds. The van der Waals surface area contributed by atoms with Crippen LogP contribution in [-0.4, -0.2) is 92.7 Å². The predicted molar refractivity (Wildman–Crippen MR) is 153 cm³/mol. The van der Waals surface area contributed by atoms with Crippen LogP contribution in [0.5, 0.6) is 0 Å². The molecule has 1 aromatic carbocycles. The number of nitrogens with two attached hydrogens (primary N) is 1. The lowest BCUT2D eigenvalue weighted by molar-refractivity contribution is -0.138. The highest BCUT2D eigenvalue weighted by Crippen LogP contribution is 2.10. The van der Waals surface area contributed by atoms with Crippen LogP contribution < -0.4 is 27.0 Å². The van der Waals surface area contributed by atoms with Gasteiger partial charge in [0.2, 0.25) is 11.8 Å². The van der Waals surface area contributed by atoms with E-state index in [0.29, 0.717) is 25.9 Å². The maximum Gasteiger partial charge on any atom is 0.312 e. The summed E-state index contributed by atoms with van der Waals surface area (Å²) in [6.07, 6.45) is 3.59. The number of primary amides is 1. The number of amides is 6. The summed E-state index contributed by atoms with van der Waals surface area (Å²) < 4.78 is 10.7. The number of ether oxygens (including phenoxy) is 2. The molecule has 2 atom stereocenters. The SMILES string of the molecule is Cc1ccc(NC[C@H](CCCNC(N)=O)NC(=O)[C@@H](NC(=O)COCCOCCN2C(=O)C=CC2=O)C(C)C)cc1. The molecule has 0 aliphatic carbocycles. The standard InChI is InChI=1S/C28H42N6O7/c1-19(2)26(33-23(35)18-41-16-15-40-14-13-34-24(36)10-11-25(34)37)27(38)32-22(5-4-12-30-28(29)39)17-31-21-8-6-20(3)7-9-21/h6-11,19,22,26,31H,4-5,12-18H2,1-3H3,(H,32,38)(H,33,35)(H3,29,30,39)/t22-,26-/m0/s1. The second-order valence-electron chi connectivity index (χ2n) is 10.0. The molecule has 1 aliphatic heterocycles. The maximum absolute atomic E-state index is 13.2. The number of aryl methyl sites for hydroxylation is 1. The summed E-state index contributed by atoms with van der Waals surface area (Å²) in [6, 6.07) is 6.23. The molecule has 1 heterocycles. The molecule has 0 fully saturated rings. The van der Waals surface area contributed by atoms with Crippen LogP contribution in [0.2, 0.25) is 0 Å². The molecule has 0 radical (unpaired) electrons. The molecule has 0 saturated carbocycles. The Morgan fingerprint density at radius 1 is 0.951 bits per heavy atom. The zero-order valence-corrected chi connectivity index (χ0v) is 23.9. The molecular formula is C28H42N6O7. The molecule has 0 saturated heterocycles. The summed E-state index contributed by atoms with van der Waals surface area (Å²) in [5.41, 5.74) is 7.19. The first-order valence-electron chi connectivity index (χ1n) is 13.7. The summed E-state index contributed by atoms with van der Waals surface area (Å²) >= 11 is 0. The number of benzene rings is 1. The van der Waals surface area contributed by atoms with E-state index in [-0.39, 0.29) is 62.7 Å². The molecule has 0 aromatic heterocycles. The predicted octanol–water partition coefficient (Wildman–Crippen LogP) is 0.439. The average Bonchev–Trinajstić information content (AvgIpc) is 3.24. The van der Waals surface area contributed by atoms with E-state index in [1.165, 1.54) is 12.2 Å². The lowest BCUT2D eigenvalue weighted by Crippen LogP contribution is -2.54. The van der Waals surface area contributed by atoms with E-state index in [1.807, 2.05) is 45.0 Å². The zero-order chi connectivity index (χ0) is 30.2. The highest BCUT2D eigenvalue weighted by molar-refractivity contribution is 6.12. The molecule has 1 aliphatic rings. The zero-order valence-electron chi connectivity index (χ0n) is 23.9. The van der Waals surface area contributed by atoms with Gasteiger partial charge in [-0.15, -0.1) is 0 Å². The minimum absolute atomic E-state index is 0.123. The summed E-state index contributed by atoms with van der Waals surface area (Å²) in [4.78, 5) is 60.7. The van der Waals surface area contributed by atoms with Crippen LogP contribution in [-0.2, 0) is 28.7 Å². The van der Waals surface area contributed by atoms with Gasteiger partial charge >= 0.3 is 6.03 Å². The molecule has 13 nitrogen and oxygen atoms in total. The van der Waals surface area contributed by atoms with E-state index in [1.54, 1.807) is 0 Å². The molecule has 0 bridgehead atoms. The Morgan fingerprint density at radius 2 is 1.61 bits per heavy atom. The summed E-state index contributed by atoms with van der Waals surface area (Å²) in [5.74, 6) is -1.70. The highest BCUT2D eigenvalue weighted by Gasteiger charge is 2.26. The lowest BCUT2D eigenvalue weighted by Gasteiger charge is -2.26. The number of nitrogens with zero attached hydrogens (tertiary/aromatic N) is 1. The molecule has 0 unspecified atom stereocenters. The quantitative estimate of drug-likeness (QED) is 0.117. The monoisotopic (exact) mass is 574 g/mol. The Balaban J connectivity index is 1.77. The Hall–Kier alpha value is -3.97. The normalized spacial score (nSPS) is 14.2. The number of rotatable bonds is 19. The third-order valence-electron chi connectivity index (χ3n) is 6.21. The Kier molecular flexibility index (Phi) is 14.3. The van der Waals surface area contributed by atoms with Crippen molar-refractivity contribution in [1.82, 2.24) is 20.9 Å². The van der Waals surface area contributed by atoms with Crippen molar-refractivity contribution in [2.24, 2.45) is 11.7 Å². The van der Waals surface area contributed by atoms with Gasteiger partial charge in [-0.1, -0.05) is 31.5 Å².